The van der Waals surface area contributed by atoms with Gasteiger partial charge in [0.1, 0.15) is 6.61 Å². The number of amides is 1. The van der Waals surface area contributed by atoms with Crippen LogP contribution in [-0.4, -0.2) is 25.0 Å². The van der Waals surface area contributed by atoms with Gasteiger partial charge in [-0.15, -0.1) is 0 Å². The van der Waals surface area contributed by atoms with Crippen molar-refractivity contribution in [1.82, 2.24) is 0 Å². The van der Waals surface area contributed by atoms with E-state index >= 15 is 0 Å². The van der Waals surface area contributed by atoms with Crippen LogP contribution in [0.15, 0.2) is 41.9 Å². The molecule has 0 aliphatic carbocycles. The maximum Gasteiger partial charge on any atom is 0.247 e. The van der Waals surface area contributed by atoms with Crippen molar-refractivity contribution in [1.29, 1.82) is 0 Å². The molecule has 1 amide bonds. The Labute approximate surface area is 93.6 Å². The van der Waals surface area contributed by atoms with E-state index in [0.29, 0.717) is 19.0 Å². The molecule has 0 unspecified atom stereocenters. The number of nitrogens with zero attached hydrogens (tertiary/aromatic N) is 1. The Balaban J connectivity index is 2.10. The second kappa shape index (κ2) is 4.61. The van der Waals surface area contributed by atoms with E-state index < -0.39 is 0 Å². The minimum absolute atomic E-state index is 0.220. The van der Waals surface area contributed by atoms with Crippen molar-refractivity contribution in [2.45, 2.75) is 0 Å². The van der Waals surface area contributed by atoms with Crippen molar-refractivity contribution in [2.24, 2.45) is 4.99 Å². The van der Waals surface area contributed by atoms with Crippen molar-refractivity contribution in [2.75, 3.05) is 18.5 Å². The number of rotatable bonds is 3. The summed E-state index contributed by atoms with van der Waals surface area (Å²) >= 11 is 0. The van der Waals surface area contributed by atoms with Crippen LogP contribution in [0.3, 0.4) is 0 Å². The number of anilines is 1. The van der Waals surface area contributed by atoms with Crippen LogP contribution in [0.5, 0.6) is 0 Å². The molecule has 0 saturated heterocycles. The van der Waals surface area contributed by atoms with Gasteiger partial charge in [-0.1, -0.05) is 6.58 Å². The van der Waals surface area contributed by atoms with E-state index in [4.69, 9.17) is 4.74 Å². The van der Waals surface area contributed by atoms with E-state index in [9.17, 15) is 4.79 Å². The fraction of sp³-hybridized carbons (Fsp3) is 0.167. The van der Waals surface area contributed by atoms with Crippen LogP contribution in [0.1, 0.15) is 5.56 Å². The lowest BCUT2D eigenvalue weighted by Crippen LogP contribution is -2.07. The zero-order valence-electron chi connectivity index (χ0n) is 8.77. The summed E-state index contributed by atoms with van der Waals surface area (Å²) in [6, 6.07) is 7.34. The van der Waals surface area contributed by atoms with E-state index in [1.807, 2.05) is 12.1 Å². The van der Waals surface area contributed by atoms with Gasteiger partial charge in [-0.3, -0.25) is 4.79 Å². The molecule has 1 aromatic carbocycles. The lowest BCUT2D eigenvalue weighted by molar-refractivity contribution is -0.111. The van der Waals surface area contributed by atoms with Crippen molar-refractivity contribution >= 4 is 17.5 Å². The fourth-order valence-corrected chi connectivity index (χ4v) is 1.40. The third-order valence-corrected chi connectivity index (χ3v) is 2.17. The monoisotopic (exact) mass is 216 g/mol. The minimum Gasteiger partial charge on any atom is -0.476 e. The Bertz CT molecular complexity index is 435. The molecule has 1 aliphatic rings. The summed E-state index contributed by atoms with van der Waals surface area (Å²) in [7, 11) is 0. The molecule has 1 aliphatic heterocycles. The highest BCUT2D eigenvalue weighted by Gasteiger charge is 2.09. The molecule has 1 aromatic rings. The van der Waals surface area contributed by atoms with Crippen LogP contribution < -0.4 is 5.32 Å². The molecule has 0 radical (unpaired) electrons. The van der Waals surface area contributed by atoms with Crippen LogP contribution >= 0.6 is 0 Å². The summed E-state index contributed by atoms with van der Waals surface area (Å²) in [5.41, 5.74) is 1.65. The smallest absolute Gasteiger partial charge is 0.247 e. The van der Waals surface area contributed by atoms with Gasteiger partial charge >= 0.3 is 0 Å². The second-order valence-electron chi connectivity index (χ2n) is 3.31. The number of hydrogen-bond acceptors (Lipinski definition) is 3. The van der Waals surface area contributed by atoms with Crippen molar-refractivity contribution in [3.8, 4) is 0 Å². The summed E-state index contributed by atoms with van der Waals surface area (Å²) in [6.45, 7) is 4.74. The van der Waals surface area contributed by atoms with Crippen LogP contribution in [-0.2, 0) is 9.53 Å². The number of benzene rings is 1. The molecule has 0 fully saturated rings. The summed E-state index contributed by atoms with van der Waals surface area (Å²) in [4.78, 5) is 15.2. The van der Waals surface area contributed by atoms with E-state index in [1.54, 1.807) is 12.1 Å². The highest BCUT2D eigenvalue weighted by molar-refractivity contribution is 5.99. The molecule has 82 valence electrons. The Morgan fingerprint density at radius 3 is 2.75 bits per heavy atom. The number of hydrogen-bond donors (Lipinski definition) is 1. The number of carbonyl (C=O) groups excluding carboxylic acids is 1. The normalized spacial score (nSPS) is 13.9. The largest absolute Gasteiger partial charge is 0.476 e. The highest BCUT2D eigenvalue weighted by Crippen LogP contribution is 2.12. The van der Waals surface area contributed by atoms with Gasteiger partial charge < -0.3 is 10.1 Å². The van der Waals surface area contributed by atoms with Gasteiger partial charge in [-0.2, -0.15) is 0 Å². The lowest BCUT2D eigenvalue weighted by Gasteiger charge is -2.04. The Morgan fingerprint density at radius 2 is 2.19 bits per heavy atom. The van der Waals surface area contributed by atoms with Crippen LogP contribution in [0.4, 0.5) is 5.69 Å². The summed E-state index contributed by atoms with van der Waals surface area (Å²) in [5, 5.41) is 2.67. The molecule has 16 heavy (non-hydrogen) atoms. The van der Waals surface area contributed by atoms with E-state index in [2.05, 4.69) is 16.9 Å². The third kappa shape index (κ3) is 2.28. The predicted octanol–water partition coefficient (Wildman–Crippen LogP) is 1.59. The number of ether oxygens (including phenoxy) is 1. The van der Waals surface area contributed by atoms with Crippen molar-refractivity contribution < 1.29 is 9.53 Å². The first-order valence-corrected chi connectivity index (χ1v) is 5.01. The number of carbonyl (C=O) groups is 1. The predicted molar refractivity (Wildman–Crippen MR) is 62.6 cm³/mol. The van der Waals surface area contributed by atoms with Crippen LogP contribution in [0, 0.1) is 0 Å². The maximum atomic E-state index is 11.0. The third-order valence-electron chi connectivity index (χ3n) is 2.17. The first-order valence-electron chi connectivity index (χ1n) is 5.01. The Morgan fingerprint density at radius 1 is 1.44 bits per heavy atom. The van der Waals surface area contributed by atoms with Crippen LogP contribution in [0.2, 0.25) is 0 Å². The summed E-state index contributed by atoms with van der Waals surface area (Å²) in [5.74, 6) is 0.448. The molecule has 4 nitrogen and oxygen atoms in total. The van der Waals surface area contributed by atoms with E-state index in [0.717, 1.165) is 11.3 Å². The molecule has 1 N–H and O–H groups in total. The molecule has 0 aromatic heterocycles. The quantitative estimate of drug-likeness (QED) is 0.780. The molecule has 1 heterocycles. The zero-order chi connectivity index (χ0) is 11.4. The maximum absolute atomic E-state index is 11.0. The number of nitrogens with one attached hydrogen (secondary N) is 1. The molecule has 0 saturated carbocycles. The average Bonchev–Trinajstić information content (AvgIpc) is 2.83. The first-order chi connectivity index (χ1) is 7.79. The molecule has 0 spiro atoms. The Kier molecular flexibility index (Phi) is 3.00. The van der Waals surface area contributed by atoms with E-state index in [-0.39, 0.29) is 5.91 Å². The van der Waals surface area contributed by atoms with Gasteiger partial charge in [0.25, 0.3) is 0 Å². The standard InChI is InChI=1S/C12H12N2O2/c1-2-11(15)14-10-5-3-9(4-6-10)12-13-7-8-16-12/h2-6H,1,7-8H2,(H,14,15). The number of aliphatic imine (C=N–C) groups is 1. The van der Waals surface area contributed by atoms with Gasteiger partial charge in [-0.05, 0) is 30.3 Å². The first kappa shape index (κ1) is 10.4. The van der Waals surface area contributed by atoms with Gasteiger partial charge in [-0.25, -0.2) is 4.99 Å². The summed E-state index contributed by atoms with van der Waals surface area (Å²) in [6.07, 6.45) is 1.23. The second-order valence-corrected chi connectivity index (χ2v) is 3.31. The molecule has 0 bridgehead atoms. The molecule has 0 atom stereocenters. The topological polar surface area (TPSA) is 50.7 Å². The highest BCUT2D eigenvalue weighted by atomic mass is 16.5. The minimum atomic E-state index is -0.220. The van der Waals surface area contributed by atoms with Crippen LogP contribution in [0.25, 0.3) is 0 Å². The summed E-state index contributed by atoms with van der Waals surface area (Å²) < 4.78 is 5.33. The SMILES string of the molecule is C=CC(=O)Nc1ccc(C2=NCCO2)cc1. The van der Waals surface area contributed by atoms with E-state index in [1.165, 1.54) is 6.08 Å². The van der Waals surface area contributed by atoms with Gasteiger partial charge in [0, 0.05) is 11.3 Å². The Hall–Kier alpha value is -2.10. The molecule has 2 rings (SSSR count). The molecular formula is C12H12N2O2. The van der Waals surface area contributed by atoms with Crippen molar-refractivity contribution in [3.63, 3.8) is 0 Å². The van der Waals surface area contributed by atoms with Crippen molar-refractivity contribution in [3.05, 3.63) is 42.5 Å². The van der Waals surface area contributed by atoms with Gasteiger partial charge in [0.15, 0.2) is 0 Å². The lowest BCUT2D eigenvalue weighted by atomic mass is 10.2. The van der Waals surface area contributed by atoms with Gasteiger partial charge in [0.05, 0.1) is 6.54 Å². The zero-order valence-corrected chi connectivity index (χ0v) is 8.77. The molecular weight excluding hydrogens is 204 g/mol. The molecule has 4 heteroatoms. The van der Waals surface area contributed by atoms with Gasteiger partial charge in [0.2, 0.25) is 11.8 Å². The average molecular weight is 216 g/mol. The fourth-order valence-electron chi connectivity index (χ4n) is 1.40.